The number of aromatic nitrogens is 1. The molecule has 1 saturated heterocycles. The zero-order valence-corrected chi connectivity index (χ0v) is 7.76. The first kappa shape index (κ1) is 8.44. The molecule has 2 heterocycles. The molecule has 4 heteroatoms. The van der Waals surface area contributed by atoms with Crippen LogP contribution in [0.3, 0.4) is 0 Å². The molecule has 1 atom stereocenters. The van der Waals surface area contributed by atoms with E-state index in [1.807, 2.05) is 13.8 Å². The number of Topliss-reactive ketones (excluding diaryl/α,β-unsaturated/α-hetero) is 1. The molecule has 1 aromatic heterocycles. The molecule has 0 aliphatic carbocycles. The molecule has 0 bridgehead atoms. The van der Waals surface area contributed by atoms with Crippen LogP contribution in [0.1, 0.15) is 25.0 Å². The summed E-state index contributed by atoms with van der Waals surface area (Å²) in [5.41, 5.74) is -0.700. The van der Waals surface area contributed by atoms with E-state index in [-0.39, 0.29) is 5.78 Å². The highest BCUT2D eigenvalue weighted by Crippen LogP contribution is 2.26. The van der Waals surface area contributed by atoms with E-state index in [2.05, 4.69) is 10.3 Å². The topological polar surface area (TPSA) is 55.1 Å². The third-order valence-electron chi connectivity index (χ3n) is 2.44. The summed E-state index contributed by atoms with van der Waals surface area (Å²) in [6.07, 6.45) is 2.19. The lowest BCUT2D eigenvalue weighted by Gasteiger charge is -2.17. The molecule has 0 spiro atoms. The lowest BCUT2D eigenvalue weighted by Crippen LogP contribution is -2.39. The van der Waals surface area contributed by atoms with Gasteiger partial charge in [-0.15, -0.1) is 0 Å². The Hall–Kier alpha value is -1.16. The Labute approximate surface area is 76.3 Å². The SMILES string of the molecule is Cc1cnc(C2(C)NCCC2=O)o1. The summed E-state index contributed by atoms with van der Waals surface area (Å²) < 4.78 is 5.35. The van der Waals surface area contributed by atoms with E-state index >= 15 is 0 Å². The Morgan fingerprint density at radius 2 is 2.46 bits per heavy atom. The van der Waals surface area contributed by atoms with Crippen molar-refractivity contribution in [1.29, 1.82) is 0 Å². The summed E-state index contributed by atoms with van der Waals surface area (Å²) in [6, 6.07) is 0. The molecule has 0 aromatic carbocycles. The second-order valence-corrected chi connectivity index (χ2v) is 3.50. The highest BCUT2D eigenvalue weighted by Gasteiger charge is 2.42. The predicted octanol–water partition coefficient (Wildman–Crippen LogP) is 0.761. The van der Waals surface area contributed by atoms with Crippen molar-refractivity contribution in [1.82, 2.24) is 10.3 Å². The van der Waals surface area contributed by atoms with Gasteiger partial charge in [-0.2, -0.15) is 0 Å². The minimum atomic E-state index is -0.700. The van der Waals surface area contributed by atoms with Gasteiger partial charge in [0.05, 0.1) is 6.20 Å². The fourth-order valence-electron chi connectivity index (χ4n) is 1.56. The van der Waals surface area contributed by atoms with Crippen LogP contribution in [0.2, 0.25) is 0 Å². The van der Waals surface area contributed by atoms with Crippen LogP contribution < -0.4 is 5.32 Å². The van der Waals surface area contributed by atoms with Crippen molar-refractivity contribution in [3.63, 3.8) is 0 Å². The number of nitrogens with zero attached hydrogens (tertiary/aromatic N) is 1. The van der Waals surface area contributed by atoms with Crippen molar-refractivity contribution in [2.24, 2.45) is 0 Å². The van der Waals surface area contributed by atoms with Crippen molar-refractivity contribution in [3.8, 4) is 0 Å². The standard InChI is InChI=1S/C9H12N2O2/c1-6-5-10-8(13-6)9(2)7(12)3-4-11-9/h5,11H,3-4H2,1-2H3. The number of rotatable bonds is 1. The van der Waals surface area contributed by atoms with Gasteiger partial charge >= 0.3 is 0 Å². The van der Waals surface area contributed by atoms with Gasteiger partial charge in [0, 0.05) is 13.0 Å². The van der Waals surface area contributed by atoms with Crippen molar-refractivity contribution in [2.75, 3.05) is 6.54 Å². The second kappa shape index (κ2) is 2.67. The maximum atomic E-state index is 11.5. The molecule has 0 radical (unpaired) electrons. The van der Waals surface area contributed by atoms with Crippen LogP contribution >= 0.6 is 0 Å². The molecule has 1 unspecified atom stereocenters. The van der Waals surface area contributed by atoms with Crippen molar-refractivity contribution in [3.05, 3.63) is 17.8 Å². The van der Waals surface area contributed by atoms with Gasteiger partial charge in [-0.05, 0) is 13.8 Å². The van der Waals surface area contributed by atoms with Gasteiger partial charge in [0.2, 0.25) is 5.89 Å². The molecule has 70 valence electrons. The highest BCUT2D eigenvalue weighted by atomic mass is 16.4. The molecule has 1 N–H and O–H groups in total. The summed E-state index contributed by atoms with van der Waals surface area (Å²) in [5.74, 6) is 1.36. The van der Waals surface area contributed by atoms with E-state index in [9.17, 15) is 4.79 Å². The van der Waals surface area contributed by atoms with Crippen molar-refractivity contribution < 1.29 is 9.21 Å². The lowest BCUT2D eigenvalue weighted by atomic mass is 9.99. The number of aryl methyl sites for hydroxylation is 1. The first-order chi connectivity index (χ1) is 6.13. The minimum absolute atomic E-state index is 0.148. The summed E-state index contributed by atoms with van der Waals surface area (Å²) >= 11 is 0. The third-order valence-corrected chi connectivity index (χ3v) is 2.44. The maximum absolute atomic E-state index is 11.5. The van der Waals surface area contributed by atoms with Crippen LogP contribution in [0.4, 0.5) is 0 Å². The fourth-order valence-corrected chi connectivity index (χ4v) is 1.56. The number of oxazole rings is 1. The third kappa shape index (κ3) is 1.18. The molecule has 0 saturated carbocycles. The van der Waals surface area contributed by atoms with Crippen molar-refractivity contribution in [2.45, 2.75) is 25.8 Å². The maximum Gasteiger partial charge on any atom is 0.222 e. The van der Waals surface area contributed by atoms with E-state index in [1.54, 1.807) is 6.20 Å². The highest BCUT2D eigenvalue weighted by molar-refractivity contribution is 5.90. The number of nitrogens with one attached hydrogen (secondary N) is 1. The molecule has 1 aliphatic rings. The molecule has 2 rings (SSSR count). The quantitative estimate of drug-likeness (QED) is 0.693. The molecule has 1 aromatic rings. The zero-order chi connectivity index (χ0) is 9.47. The summed E-state index contributed by atoms with van der Waals surface area (Å²) in [7, 11) is 0. The van der Waals surface area contributed by atoms with E-state index in [0.717, 1.165) is 5.76 Å². The van der Waals surface area contributed by atoms with Crippen molar-refractivity contribution >= 4 is 5.78 Å². The molecule has 4 nitrogen and oxygen atoms in total. The Balaban J connectivity index is 2.39. The van der Waals surface area contributed by atoms with Gasteiger partial charge in [0.1, 0.15) is 5.76 Å². The van der Waals surface area contributed by atoms with Gasteiger partial charge < -0.3 is 4.42 Å². The smallest absolute Gasteiger partial charge is 0.222 e. The number of carbonyl (C=O) groups is 1. The molecule has 1 aliphatic heterocycles. The Bertz CT molecular complexity index is 345. The minimum Gasteiger partial charge on any atom is -0.444 e. The van der Waals surface area contributed by atoms with Gasteiger partial charge in [0.15, 0.2) is 11.3 Å². The first-order valence-corrected chi connectivity index (χ1v) is 4.34. The summed E-state index contributed by atoms with van der Waals surface area (Å²) in [4.78, 5) is 15.6. The normalized spacial score (nSPS) is 28.3. The fraction of sp³-hybridized carbons (Fsp3) is 0.556. The van der Waals surface area contributed by atoms with Crippen LogP contribution in [0.25, 0.3) is 0 Å². The number of ketones is 1. The molecule has 13 heavy (non-hydrogen) atoms. The zero-order valence-electron chi connectivity index (χ0n) is 7.76. The number of hydrogen-bond donors (Lipinski definition) is 1. The monoisotopic (exact) mass is 180 g/mol. The Morgan fingerprint density at radius 1 is 1.69 bits per heavy atom. The predicted molar refractivity (Wildman–Crippen MR) is 46.2 cm³/mol. The van der Waals surface area contributed by atoms with Gasteiger partial charge in [0.25, 0.3) is 0 Å². The van der Waals surface area contributed by atoms with Crippen LogP contribution in [0, 0.1) is 6.92 Å². The second-order valence-electron chi connectivity index (χ2n) is 3.50. The first-order valence-electron chi connectivity index (χ1n) is 4.34. The molecule has 1 fully saturated rings. The summed E-state index contributed by atoms with van der Waals surface area (Å²) in [5, 5.41) is 3.11. The van der Waals surface area contributed by atoms with E-state index in [4.69, 9.17) is 4.42 Å². The van der Waals surface area contributed by atoms with Crippen LogP contribution in [-0.2, 0) is 10.3 Å². The number of carbonyl (C=O) groups excluding carboxylic acids is 1. The Morgan fingerprint density at radius 3 is 2.92 bits per heavy atom. The van der Waals surface area contributed by atoms with E-state index in [1.165, 1.54) is 0 Å². The molecular weight excluding hydrogens is 168 g/mol. The van der Waals surface area contributed by atoms with E-state index < -0.39 is 5.54 Å². The van der Waals surface area contributed by atoms with Crippen LogP contribution in [0.5, 0.6) is 0 Å². The average molecular weight is 180 g/mol. The van der Waals surface area contributed by atoms with Gasteiger partial charge in [-0.25, -0.2) is 4.98 Å². The average Bonchev–Trinajstić information content (AvgIpc) is 2.62. The molecular formula is C9H12N2O2. The van der Waals surface area contributed by atoms with Gasteiger partial charge in [-0.1, -0.05) is 0 Å². The Kier molecular flexibility index (Phi) is 1.73. The summed E-state index contributed by atoms with van der Waals surface area (Å²) in [6.45, 7) is 4.34. The van der Waals surface area contributed by atoms with Crippen LogP contribution in [0.15, 0.2) is 10.6 Å². The lowest BCUT2D eigenvalue weighted by molar-refractivity contribution is -0.122. The van der Waals surface area contributed by atoms with Crippen LogP contribution in [-0.4, -0.2) is 17.3 Å². The van der Waals surface area contributed by atoms with Gasteiger partial charge in [-0.3, -0.25) is 10.1 Å². The molecule has 0 amide bonds. The number of hydrogen-bond acceptors (Lipinski definition) is 4. The largest absolute Gasteiger partial charge is 0.444 e. The van der Waals surface area contributed by atoms with E-state index in [0.29, 0.717) is 18.9 Å².